The first-order valence-corrected chi connectivity index (χ1v) is 7.46. The molecule has 0 amide bonds. The van der Waals surface area contributed by atoms with Crippen molar-refractivity contribution in [2.75, 3.05) is 11.9 Å². The van der Waals surface area contributed by atoms with Gasteiger partial charge in [-0.2, -0.15) is 13.2 Å². The van der Waals surface area contributed by atoms with Gasteiger partial charge in [0.2, 0.25) is 0 Å². The van der Waals surface area contributed by atoms with Crippen molar-refractivity contribution in [3.8, 4) is 5.69 Å². The average Bonchev–Trinajstić information content (AvgIpc) is 3.16. The number of rotatable bonds is 2. The van der Waals surface area contributed by atoms with Crippen LogP contribution in [-0.2, 0) is 12.6 Å². The molecule has 0 fully saturated rings. The van der Waals surface area contributed by atoms with Crippen LogP contribution in [-0.4, -0.2) is 21.1 Å². The van der Waals surface area contributed by atoms with Gasteiger partial charge in [0.1, 0.15) is 11.2 Å². The molecule has 1 aliphatic heterocycles. The minimum absolute atomic E-state index is 0.0121. The third kappa shape index (κ3) is 2.59. The highest BCUT2D eigenvalue weighted by Crippen LogP contribution is 2.33. The molecule has 0 unspecified atom stereocenters. The molecule has 0 atom stereocenters. The van der Waals surface area contributed by atoms with Crippen LogP contribution in [0.15, 0.2) is 30.3 Å². The van der Waals surface area contributed by atoms with Crippen LogP contribution in [0.25, 0.3) is 16.9 Å². The minimum atomic E-state index is -4.67. The summed E-state index contributed by atoms with van der Waals surface area (Å²) in [6.45, 7) is 0.724. The zero-order chi connectivity index (χ0) is 17.8. The Labute approximate surface area is 138 Å². The molecule has 0 saturated heterocycles. The number of alkyl halides is 5. The van der Waals surface area contributed by atoms with Gasteiger partial charge in [0.05, 0.1) is 0 Å². The largest absolute Gasteiger partial charge is 0.433 e. The molecule has 1 aliphatic rings. The Hall–Kier alpha value is -2.71. The fraction of sp³-hybridized carbons (Fsp3) is 0.250. The van der Waals surface area contributed by atoms with Gasteiger partial charge in [0.15, 0.2) is 11.5 Å². The first kappa shape index (κ1) is 15.8. The number of pyridine rings is 1. The maximum absolute atomic E-state index is 13.4. The number of aromatic nitrogens is 3. The number of nitrogens with zero attached hydrogens (tertiary/aromatic N) is 3. The summed E-state index contributed by atoms with van der Waals surface area (Å²) in [5, 5.41) is 3.14. The molecular formula is C16H11F5N4. The highest BCUT2D eigenvalue weighted by Gasteiger charge is 2.33. The summed E-state index contributed by atoms with van der Waals surface area (Å²) in [5.74, 6) is -0.632. The number of nitrogens with one attached hydrogen (secondary N) is 1. The lowest BCUT2D eigenvalue weighted by Crippen LogP contribution is -2.09. The Morgan fingerprint density at radius 3 is 2.60 bits per heavy atom. The second-order valence-electron chi connectivity index (χ2n) is 5.66. The fourth-order valence-corrected chi connectivity index (χ4v) is 2.96. The third-order valence-electron chi connectivity index (χ3n) is 4.07. The highest BCUT2D eigenvalue weighted by atomic mass is 19.4. The Bertz CT molecular complexity index is 961. The van der Waals surface area contributed by atoms with Gasteiger partial charge < -0.3 is 5.32 Å². The van der Waals surface area contributed by atoms with E-state index in [2.05, 4.69) is 15.3 Å². The normalized spacial score (nSPS) is 14.2. The number of fused-ring (bicyclic) bond motifs is 2. The van der Waals surface area contributed by atoms with Gasteiger partial charge in [-0.05, 0) is 42.3 Å². The van der Waals surface area contributed by atoms with Crippen LogP contribution in [0.2, 0.25) is 0 Å². The first-order valence-electron chi connectivity index (χ1n) is 7.46. The molecular weight excluding hydrogens is 343 g/mol. The molecule has 2 aromatic heterocycles. The molecule has 1 aromatic carbocycles. The van der Waals surface area contributed by atoms with Crippen LogP contribution >= 0.6 is 0 Å². The number of anilines is 1. The Kier molecular flexibility index (Phi) is 3.41. The quantitative estimate of drug-likeness (QED) is 0.696. The van der Waals surface area contributed by atoms with Crippen molar-refractivity contribution in [1.29, 1.82) is 0 Å². The fourth-order valence-electron chi connectivity index (χ4n) is 2.96. The number of halogens is 5. The van der Waals surface area contributed by atoms with Crippen LogP contribution in [0.4, 0.5) is 27.6 Å². The maximum atomic E-state index is 13.4. The van der Waals surface area contributed by atoms with Gasteiger partial charge >= 0.3 is 6.18 Å². The van der Waals surface area contributed by atoms with Crippen LogP contribution in [0, 0.1) is 0 Å². The third-order valence-corrected chi connectivity index (χ3v) is 4.07. The summed E-state index contributed by atoms with van der Waals surface area (Å²) < 4.78 is 66.7. The lowest BCUT2D eigenvalue weighted by Gasteiger charge is -2.11. The summed E-state index contributed by atoms with van der Waals surface area (Å²) in [5.41, 5.74) is 0.706. The summed E-state index contributed by atoms with van der Waals surface area (Å²) in [6.07, 6.45) is -6.91. The van der Waals surface area contributed by atoms with E-state index in [0.717, 1.165) is 34.5 Å². The number of hydrogen-bond acceptors (Lipinski definition) is 3. The molecule has 0 bridgehead atoms. The summed E-state index contributed by atoms with van der Waals surface area (Å²) in [4.78, 5) is 7.32. The molecule has 0 spiro atoms. The minimum Gasteiger partial charge on any atom is -0.384 e. The number of imidazole rings is 1. The molecule has 9 heteroatoms. The predicted octanol–water partition coefficient (Wildman–Crippen LogP) is 4.34. The van der Waals surface area contributed by atoms with Gasteiger partial charge in [-0.15, -0.1) is 0 Å². The maximum Gasteiger partial charge on any atom is 0.433 e. The van der Waals surface area contributed by atoms with Crippen molar-refractivity contribution in [3.05, 3.63) is 47.4 Å². The summed E-state index contributed by atoms with van der Waals surface area (Å²) in [6, 6.07) is 6.74. The van der Waals surface area contributed by atoms with Crippen LogP contribution < -0.4 is 5.32 Å². The second-order valence-corrected chi connectivity index (χ2v) is 5.66. The molecule has 0 saturated carbocycles. The first-order chi connectivity index (χ1) is 11.8. The smallest absolute Gasteiger partial charge is 0.384 e. The van der Waals surface area contributed by atoms with E-state index in [9.17, 15) is 22.0 Å². The van der Waals surface area contributed by atoms with E-state index >= 15 is 0 Å². The highest BCUT2D eigenvalue weighted by molar-refractivity contribution is 5.75. The lowest BCUT2D eigenvalue weighted by atomic mass is 10.1. The van der Waals surface area contributed by atoms with E-state index in [-0.39, 0.29) is 11.2 Å². The van der Waals surface area contributed by atoms with Crippen molar-refractivity contribution in [3.63, 3.8) is 0 Å². The molecule has 1 N–H and O–H groups in total. The zero-order valence-corrected chi connectivity index (χ0v) is 12.6. The van der Waals surface area contributed by atoms with E-state index in [0.29, 0.717) is 12.1 Å². The SMILES string of the molecule is FC(F)c1nc2ccc(C(F)(F)F)nc2n1-c1ccc2c(c1)CCN2. The van der Waals surface area contributed by atoms with Gasteiger partial charge in [-0.1, -0.05) is 0 Å². The topological polar surface area (TPSA) is 42.7 Å². The van der Waals surface area contributed by atoms with E-state index < -0.39 is 24.1 Å². The molecule has 25 heavy (non-hydrogen) atoms. The average molecular weight is 354 g/mol. The van der Waals surface area contributed by atoms with Crippen molar-refractivity contribution >= 4 is 16.9 Å². The van der Waals surface area contributed by atoms with Crippen LogP contribution in [0.1, 0.15) is 23.5 Å². The van der Waals surface area contributed by atoms with Gasteiger partial charge in [-0.25, -0.2) is 18.7 Å². The molecule has 0 radical (unpaired) electrons. The van der Waals surface area contributed by atoms with Crippen molar-refractivity contribution in [2.24, 2.45) is 0 Å². The van der Waals surface area contributed by atoms with Crippen molar-refractivity contribution < 1.29 is 22.0 Å². The van der Waals surface area contributed by atoms with Crippen LogP contribution in [0.5, 0.6) is 0 Å². The molecule has 130 valence electrons. The molecule has 4 nitrogen and oxygen atoms in total. The monoisotopic (exact) mass is 354 g/mol. The van der Waals surface area contributed by atoms with E-state index in [1.807, 2.05) is 0 Å². The van der Waals surface area contributed by atoms with Gasteiger partial charge in [-0.3, -0.25) is 4.57 Å². The molecule has 3 aromatic rings. The summed E-state index contributed by atoms with van der Waals surface area (Å²) in [7, 11) is 0. The summed E-state index contributed by atoms with van der Waals surface area (Å²) >= 11 is 0. The van der Waals surface area contributed by atoms with Gasteiger partial charge in [0, 0.05) is 17.9 Å². The van der Waals surface area contributed by atoms with Crippen molar-refractivity contribution in [1.82, 2.24) is 14.5 Å². The van der Waals surface area contributed by atoms with E-state index in [1.165, 1.54) is 0 Å². The molecule has 4 rings (SSSR count). The number of benzene rings is 1. The van der Waals surface area contributed by atoms with Gasteiger partial charge in [0.25, 0.3) is 6.43 Å². The Morgan fingerprint density at radius 2 is 1.88 bits per heavy atom. The molecule has 0 aliphatic carbocycles. The standard InChI is InChI=1S/C16H11F5N4/c17-13(18)15-23-11-3-4-12(16(19,20)21)24-14(11)25(15)9-1-2-10-8(7-9)5-6-22-10/h1-4,7,13,22H,5-6H2. The van der Waals surface area contributed by atoms with Crippen molar-refractivity contribution in [2.45, 2.75) is 19.0 Å². The second kappa shape index (κ2) is 5.40. The lowest BCUT2D eigenvalue weighted by molar-refractivity contribution is -0.141. The molecule has 3 heterocycles. The zero-order valence-electron chi connectivity index (χ0n) is 12.6. The van der Waals surface area contributed by atoms with E-state index in [1.54, 1.807) is 18.2 Å². The van der Waals surface area contributed by atoms with Crippen LogP contribution in [0.3, 0.4) is 0 Å². The predicted molar refractivity (Wildman–Crippen MR) is 81.0 cm³/mol. The number of hydrogen-bond donors (Lipinski definition) is 1. The Morgan fingerprint density at radius 1 is 1.08 bits per heavy atom. The van der Waals surface area contributed by atoms with E-state index in [4.69, 9.17) is 0 Å². The Balaban J connectivity index is 1.98.